The van der Waals surface area contributed by atoms with E-state index in [-0.39, 0.29) is 54.7 Å². The van der Waals surface area contributed by atoms with E-state index >= 15 is 0 Å². The number of carbonyl (C=O) groups is 6. The van der Waals surface area contributed by atoms with Crippen molar-refractivity contribution in [3.05, 3.63) is 81.8 Å². The Kier molecular flexibility index (Phi) is 16.4. The number of aromatic nitrogens is 2. The van der Waals surface area contributed by atoms with E-state index < -0.39 is 41.7 Å². The molecule has 0 spiro atoms. The number of rotatable bonds is 22. The number of anilines is 2. The lowest BCUT2D eigenvalue weighted by Crippen LogP contribution is -2.54. The predicted molar refractivity (Wildman–Crippen MR) is 238 cm³/mol. The summed E-state index contributed by atoms with van der Waals surface area (Å²) in [5.41, 5.74) is 3.39. The highest BCUT2D eigenvalue weighted by Gasteiger charge is 2.45. The van der Waals surface area contributed by atoms with E-state index in [4.69, 9.17) is 25.8 Å². The molecule has 7 rings (SSSR count). The molecule has 1 aliphatic carbocycles. The molecule has 19 nitrogen and oxygen atoms in total. The number of benzene rings is 2. The molecule has 0 radical (unpaired) electrons. The lowest BCUT2D eigenvalue weighted by atomic mass is 9.97. The lowest BCUT2D eigenvalue weighted by Gasteiger charge is -2.38. The largest absolute Gasteiger partial charge is 0.387 e. The Hall–Kier alpha value is -5.57. The molecule has 4 atom stereocenters. The zero-order valence-corrected chi connectivity index (χ0v) is 37.1. The molecule has 2 saturated heterocycles. The van der Waals surface area contributed by atoms with E-state index in [0.29, 0.717) is 108 Å². The summed E-state index contributed by atoms with van der Waals surface area (Å²) in [5, 5.41) is 22.6. The lowest BCUT2D eigenvalue weighted by molar-refractivity contribution is -0.136. The molecule has 4 heterocycles. The van der Waals surface area contributed by atoms with Crippen molar-refractivity contribution in [1.82, 2.24) is 35.7 Å². The molecule has 0 bridgehead atoms. The van der Waals surface area contributed by atoms with Gasteiger partial charge in [-0.3, -0.25) is 39.0 Å². The van der Waals surface area contributed by atoms with Crippen molar-refractivity contribution in [3.63, 3.8) is 0 Å². The van der Waals surface area contributed by atoms with E-state index in [2.05, 4.69) is 43.1 Å². The monoisotopic (exact) mass is 917 g/mol. The van der Waals surface area contributed by atoms with Crippen molar-refractivity contribution >= 4 is 58.5 Å². The number of ether oxygens (including phenoxy) is 3. The number of amides is 6. The minimum absolute atomic E-state index is 0.0108. The van der Waals surface area contributed by atoms with Crippen molar-refractivity contribution in [1.29, 1.82) is 0 Å². The minimum Gasteiger partial charge on any atom is -0.387 e. The van der Waals surface area contributed by atoms with E-state index in [1.165, 1.54) is 12.4 Å². The number of aliphatic hydroxyl groups excluding tert-OH is 1. The van der Waals surface area contributed by atoms with Crippen LogP contribution in [0.15, 0.2) is 48.8 Å². The summed E-state index contributed by atoms with van der Waals surface area (Å²) in [7, 11) is 0. The molecule has 1 unspecified atom stereocenters. The number of imide groups is 2. The third-order valence-electron chi connectivity index (χ3n) is 12.0. The SMILES string of the molecule is C[C@@H]1C[C@@H](O)c2ncnc(N3CCN(C(=O)[C@H](CNCCNC(=O)CCOCCOCCOCCNc4cccc5c4C(=O)N(C4CCC(=O)NC4=O)C5=O)c4ccc(Cl)cc4)CC3)c21. The molecule has 65 heavy (non-hydrogen) atoms. The maximum atomic E-state index is 14.0. The Morgan fingerprint density at radius 1 is 0.892 bits per heavy atom. The zero-order chi connectivity index (χ0) is 45.9. The van der Waals surface area contributed by atoms with Gasteiger partial charge < -0.3 is 45.1 Å². The zero-order valence-electron chi connectivity index (χ0n) is 36.4. The Labute approximate surface area is 381 Å². The summed E-state index contributed by atoms with van der Waals surface area (Å²) in [6.07, 6.45) is 1.87. The molecule has 348 valence electrons. The van der Waals surface area contributed by atoms with Crippen molar-refractivity contribution in [2.45, 2.75) is 56.6 Å². The first-order chi connectivity index (χ1) is 31.5. The topological polar surface area (TPSA) is 234 Å². The van der Waals surface area contributed by atoms with Crippen LogP contribution in [-0.4, -0.2) is 158 Å². The van der Waals surface area contributed by atoms with Gasteiger partial charge in [-0.25, -0.2) is 9.97 Å². The van der Waals surface area contributed by atoms with Crippen molar-refractivity contribution in [2.24, 2.45) is 0 Å². The smallest absolute Gasteiger partial charge is 0.264 e. The van der Waals surface area contributed by atoms with Gasteiger partial charge in [-0.1, -0.05) is 36.7 Å². The fourth-order valence-corrected chi connectivity index (χ4v) is 8.73. The number of hydrogen-bond acceptors (Lipinski definition) is 15. The van der Waals surface area contributed by atoms with Gasteiger partial charge in [-0.15, -0.1) is 0 Å². The molecular formula is C45H56ClN9O10. The van der Waals surface area contributed by atoms with E-state index in [9.17, 15) is 33.9 Å². The average molecular weight is 918 g/mol. The number of piperazine rings is 1. The van der Waals surface area contributed by atoms with E-state index in [1.54, 1.807) is 24.3 Å². The van der Waals surface area contributed by atoms with Gasteiger partial charge in [0, 0.05) is 81.5 Å². The van der Waals surface area contributed by atoms with Crippen LogP contribution in [0.25, 0.3) is 0 Å². The number of halogens is 1. The maximum Gasteiger partial charge on any atom is 0.264 e. The van der Waals surface area contributed by atoms with Gasteiger partial charge in [0.2, 0.25) is 23.6 Å². The Balaban J connectivity index is 0.725. The van der Waals surface area contributed by atoms with Gasteiger partial charge in [0.15, 0.2) is 0 Å². The molecule has 20 heteroatoms. The molecule has 3 aliphatic heterocycles. The second-order valence-electron chi connectivity index (χ2n) is 16.3. The molecule has 6 amide bonds. The van der Waals surface area contributed by atoms with Gasteiger partial charge in [-0.05, 0) is 48.6 Å². The summed E-state index contributed by atoms with van der Waals surface area (Å²) in [4.78, 5) is 90.5. The van der Waals surface area contributed by atoms with Crippen LogP contribution in [0.3, 0.4) is 0 Å². The predicted octanol–water partition coefficient (Wildman–Crippen LogP) is 1.76. The normalized spacial score (nSPS) is 19.9. The second kappa shape index (κ2) is 22.6. The first kappa shape index (κ1) is 47.4. The number of fused-ring (bicyclic) bond motifs is 2. The number of nitrogens with one attached hydrogen (secondary N) is 4. The van der Waals surface area contributed by atoms with Crippen molar-refractivity contribution in [3.8, 4) is 0 Å². The Bertz CT molecular complexity index is 2210. The van der Waals surface area contributed by atoms with Gasteiger partial charge in [0.25, 0.3) is 11.8 Å². The van der Waals surface area contributed by atoms with Gasteiger partial charge >= 0.3 is 0 Å². The molecule has 2 aromatic carbocycles. The molecular weight excluding hydrogens is 862 g/mol. The minimum atomic E-state index is -1.03. The van der Waals surface area contributed by atoms with Crippen LogP contribution in [0.4, 0.5) is 11.5 Å². The second-order valence-corrected chi connectivity index (χ2v) is 16.7. The maximum absolute atomic E-state index is 14.0. The summed E-state index contributed by atoms with van der Waals surface area (Å²) in [5.74, 6) is -1.83. The van der Waals surface area contributed by atoms with Crippen molar-refractivity contribution in [2.75, 3.05) is 102 Å². The van der Waals surface area contributed by atoms with E-state index in [0.717, 1.165) is 21.8 Å². The quantitative estimate of drug-likeness (QED) is 0.0714. The number of hydrogen-bond donors (Lipinski definition) is 5. The highest BCUT2D eigenvalue weighted by Crippen LogP contribution is 2.43. The van der Waals surface area contributed by atoms with Crippen LogP contribution in [-0.2, 0) is 33.4 Å². The van der Waals surface area contributed by atoms with Crippen LogP contribution in [0, 0.1) is 0 Å². The fraction of sp³-hybridized carbons (Fsp3) is 0.511. The van der Waals surface area contributed by atoms with Crippen LogP contribution < -0.4 is 26.2 Å². The third kappa shape index (κ3) is 11.6. The van der Waals surface area contributed by atoms with Crippen LogP contribution in [0.2, 0.25) is 5.02 Å². The average Bonchev–Trinajstić information content (AvgIpc) is 3.74. The highest BCUT2D eigenvalue weighted by atomic mass is 35.5. The number of piperidine rings is 1. The molecule has 3 aromatic rings. The van der Waals surface area contributed by atoms with Crippen LogP contribution in [0.5, 0.6) is 0 Å². The summed E-state index contributed by atoms with van der Waals surface area (Å²) >= 11 is 6.17. The standard InChI is InChI=1S/C45H56ClN9O10/c1-28-25-35(56)40-38(28)41(51-27-50-40)53-15-17-54(18-16-53)43(60)32(29-5-7-30(46)8-6-29)26-47-12-13-49-36(57)11-19-63-21-23-65-24-22-64-20-14-48-33-4-2-3-31-39(33)45(62)55(44(31)61)34-9-10-37(58)52-42(34)59/h2-8,27-28,32,34-35,47-48,56H,9-26H2,1H3,(H,49,57)(H,52,58,59)/t28-,32-,34?,35-/m1/s1. The molecule has 4 aliphatic rings. The molecule has 5 N–H and O–H groups in total. The molecule has 1 aromatic heterocycles. The number of nitrogens with zero attached hydrogens (tertiary/aromatic N) is 5. The number of aliphatic hydroxyl groups is 1. The first-order valence-electron chi connectivity index (χ1n) is 22.1. The third-order valence-corrected chi connectivity index (χ3v) is 12.2. The van der Waals surface area contributed by atoms with Gasteiger partial charge in [-0.2, -0.15) is 0 Å². The highest BCUT2D eigenvalue weighted by molar-refractivity contribution is 6.30. The van der Waals surface area contributed by atoms with E-state index in [1.807, 2.05) is 17.0 Å². The Morgan fingerprint density at radius 2 is 1.62 bits per heavy atom. The summed E-state index contributed by atoms with van der Waals surface area (Å²) in [6, 6.07) is 11.1. The Morgan fingerprint density at radius 3 is 2.35 bits per heavy atom. The first-order valence-corrected chi connectivity index (χ1v) is 22.5. The van der Waals surface area contributed by atoms with Gasteiger partial charge in [0.05, 0.1) is 68.5 Å². The van der Waals surface area contributed by atoms with Crippen LogP contribution >= 0.6 is 11.6 Å². The fourth-order valence-electron chi connectivity index (χ4n) is 8.61. The molecule has 0 saturated carbocycles. The molecule has 2 fully saturated rings. The van der Waals surface area contributed by atoms with Crippen LogP contribution in [0.1, 0.15) is 88.1 Å². The van der Waals surface area contributed by atoms with Crippen molar-refractivity contribution < 1.29 is 48.1 Å². The summed E-state index contributed by atoms with van der Waals surface area (Å²) < 4.78 is 16.7. The van der Waals surface area contributed by atoms with Gasteiger partial charge in [0.1, 0.15) is 18.2 Å². The number of carbonyl (C=O) groups excluding carboxylic acids is 6. The summed E-state index contributed by atoms with van der Waals surface area (Å²) in [6.45, 7) is 7.74.